The number of carbonyl (C=O) groups excluding carboxylic acids is 1. The quantitative estimate of drug-likeness (QED) is 0.201. The number of carbonyl (C=O) groups is 2. The van der Waals surface area contributed by atoms with Crippen LogP contribution < -0.4 is 4.74 Å². The van der Waals surface area contributed by atoms with Gasteiger partial charge < -0.3 is 9.84 Å². The molecular weight excluding hydrogens is 500 g/mol. The number of ether oxygens (including phenoxy) is 1. The molecule has 4 aromatic rings. The molecule has 0 aliphatic heterocycles. The average molecular weight is 537 g/mol. The number of rotatable bonds is 11. The Morgan fingerprint density at radius 2 is 1.43 bits per heavy atom. The molecule has 1 aromatic heterocycles. The van der Waals surface area contributed by atoms with Crippen molar-refractivity contribution in [3.8, 4) is 28.3 Å². The lowest BCUT2D eigenvalue weighted by Crippen LogP contribution is -2.20. The second-order valence-corrected chi connectivity index (χ2v) is 11.1. The highest BCUT2D eigenvalue weighted by Crippen LogP contribution is 2.25. The van der Waals surface area contributed by atoms with E-state index >= 15 is 0 Å². The predicted octanol–water partition coefficient (Wildman–Crippen LogP) is 7.41. The van der Waals surface area contributed by atoms with Crippen LogP contribution in [0.1, 0.15) is 62.0 Å². The third kappa shape index (κ3) is 7.41. The first-order valence-electron chi connectivity index (χ1n) is 13.6. The summed E-state index contributed by atoms with van der Waals surface area (Å²) >= 11 is 0. The molecule has 0 bridgehead atoms. The molecule has 0 fully saturated rings. The molecule has 206 valence electrons. The number of Topliss-reactive ketones (excluding diaryl/α,β-unsaturated/α-hetero) is 1. The fourth-order valence-corrected chi connectivity index (χ4v) is 4.41. The van der Waals surface area contributed by atoms with E-state index in [1.54, 1.807) is 24.5 Å². The molecular formula is C34H36N2O4. The molecule has 0 unspecified atom stereocenters. The van der Waals surface area contributed by atoms with Gasteiger partial charge in [-0.25, -0.2) is 9.97 Å². The summed E-state index contributed by atoms with van der Waals surface area (Å²) in [4.78, 5) is 33.9. The van der Waals surface area contributed by atoms with Crippen LogP contribution in [0.2, 0.25) is 0 Å². The second-order valence-electron chi connectivity index (χ2n) is 11.1. The highest BCUT2D eigenvalue weighted by molar-refractivity contribution is 5.98. The molecule has 0 saturated carbocycles. The maximum atomic E-state index is 12.9. The number of carboxylic acids is 1. The van der Waals surface area contributed by atoms with E-state index in [0.29, 0.717) is 18.0 Å². The minimum absolute atomic E-state index is 0.0136. The van der Waals surface area contributed by atoms with Gasteiger partial charge in [-0.2, -0.15) is 0 Å². The molecule has 1 heterocycles. The van der Waals surface area contributed by atoms with Gasteiger partial charge in [-0.1, -0.05) is 88.4 Å². The fraction of sp³-hybridized carbons (Fsp3) is 0.294. The van der Waals surface area contributed by atoms with E-state index in [4.69, 9.17) is 4.74 Å². The Labute approximate surface area is 236 Å². The van der Waals surface area contributed by atoms with Gasteiger partial charge in [-0.3, -0.25) is 9.59 Å². The first kappa shape index (κ1) is 28.7. The molecule has 4 rings (SSSR count). The Hall–Kier alpha value is -4.32. The first-order chi connectivity index (χ1) is 19.1. The molecule has 6 nitrogen and oxygen atoms in total. The van der Waals surface area contributed by atoms with E-state index in [2.05, 4.69) is 37.7 Å². The van der Waals surface area contributed by atoms with Crippen molar-refractivity contribution in [2.24, 2.45) is 5.92 Å². The Bertz CT molecular complexity index is 1420. The number of hydrogen-bond acceptors (Lipinski definition) is 5. The lowest BCUT2D eigenvalue weighted by molar-refractivity contribution is -0.141. The summed E-state index contributed by atoms with van der Waals surface area (Å²) in [6.07, 6.45) is 4.75. The van der Waals surface area contributed by atoms with Gasteiger partial charge in [0.2, 0.25) is 0 Å². The Balaban J connectivity index is 1.39. The van der Waals surface area contributed by atoms with Gasteiger partial charge in [-0.05, 0) is 47.1 Å². The monoisotopic (exact) mass is 536 g/mol. The molecule has 40 heavy (non-hydrogen) atoms. The minimum Gasteiger partial charge on any atom is -0.494 e. The van der Waals surface area contributed by atoms with Crippen molar-refractivity contribution in [3.63, 3.8) is 0 Å². The highest BCUT2D eigenvalue weighted by Gasteiger charge is 2.23. The van der Waals surface area contributed by atoms with Crippen LogP contribution in [0.5, 0.6) is 5.75 Å². The van der Waals surface area contributed by atoms with Crippen LogP contribution in [-0.4, -0.2) is 33.4 Å². The highest BCUT2D eigenvalue weighted by atomic mass is 16.5. The summed E-state index contributed by atoms with van der Waals surface area (Å²) < 4.78 is 5.64. The number of aromatic nitrogens is 2. The molecule has 0 spiro atoms. The van der Waals surface area contributed by atoms with Crippen LogP contribution in [0.3, 0.4) is 0 Å². The molecule has 0 aliphatic rings. The Kier molecular flexibility index (Phi) is 9.10. The van der Waals surface area contributed by atoms with Gasteiger partial charge in [-0.15, -0.1) is 0 Å². The second kappa shape index (κ2) is 12.7. The molecule has 0 aliphatic carbocycles. The van der Waals surface area contributed by atoms with Crippen molar-refractivity contribution in [2.45, 2.75) is 52.4 Å². The number of hydrogen-bond donors (Lipinski definition) is 1. The maximum absolute atomic E-state index is 12.9. The molecule has 6 heteroatoms. The summed E-state index contributed by atoms with van der Waals surface area (Å²) in [6.45, 7) is 9.10. The molecule has 1 N–H and O–H groups in total. The number of ketones is 1. The third-order valence-electron chi connectivity index (χ3n) is 6.86. The zero-order valence-electron chi connectivity index (χ0n) is 23.6. The lowest BCUT2D eigenvalue weighted by Gasteiger charge is -2.19. The first-order valence-corrected chi connectivity index (χ1v) is 13.6. The topological polar surface area (TPSA) is 89.4 Å². The number of benzene rings is 3. The van der Waals surface area contributed by atoms with E-state index in [1.165, 1.54) is 0 Å². The summed E-state index contributed by atoms with van der Waals surface area (Å²) in [6, 6.07) is 22.8. The van der Waals surface area contributed by atoms with Gasteiger partial charge in [0, 0.05) is 35.5 Å². The van der Waals surface area contributed by atoms with Gasteiger partial charge >= 0.3 is 5.97 Å². The predicted molar refractivity (Wildman–Crippen MR) is 158 cm³/mol. The van der Waals surface area contributed by atoms with Crippen molar-refractivity contribution in [1.29, 1.82) is 0 Å². The van der Waals surface area contributed by atoms with Gasteiger partial charge in [0.15, 0.2) is 11.6 Å². The zero-order chi connectivity index (χ0) is 28.7. The van der Waals surface area contributed by atoms with E-state index < -0.39 is 11.9 Å². The Morgan fingerprint density at radius 1 is 0.825 bits per heavy atom. The van der Waals surface area contributed by atoms with E-state index in [0.717, 1.165) is 40.0 Å². The van der Waals surface area contributed by atoms with Gasteiger partial charge in [0.1, 0.15) is 5.75 Å². The molecule has 1 atom stereocenters. The number of carboxylic acid groups (broad SMARTS) is 1. The molecule has 0 amide bonds. The van der Waals surface area contributed by atoms with Crippen LogP contribution in [0.25, 0.3) is 22.5 Å². The largest absolute Gasteiger partial charge is 0.494 e. The lowest BCUT2D eigenvalue weighted by atomic mass is 9.86. The maximum Gasteiger partial charge on any atom is 0.307 e. The van der Waals surface area contributed by atoms with Gasteiger partial charge in [0.05, 0.1) is 12.5 Å². The van der Waals surface area contributed by atoms with E-state index in [9.17, 15) is 14.7 Å². The van der Waals surface area contributed by atoms with Crippen molar-refractivity contribution in [3.05, 3.63) is 102 Å². The summed E-state index contributed by atoms with van der Waals surface area (Å²) in [7, 11) is 0. The molecule has 0 saturated heterocycles. The third-order valence-corrected chi connectivity index (χ3v) is 6.86. The number of nitrogens with zero attached hydrogens (tertiary/aromatic N) is 2. The standard InChI is InChI=1S/C34H36N2O4/c1-5-18-40-30-16-12-24(13-17-30)28-21-35-32(36-22-28)26-8-6-23(7-9-26)19-27(33(38)39)20-31(37)25-10-14-29(15-11-25)34(2,3)4/h6-17,21-22,27H,5,18-20H2,1-4H3,(H,38,39)/t27-/m1/s1. The van der Waals surface area contributed by atoms with Crippen LogP contribution in [-0.2, 0) is 16.6 Å². The van der Waals surface area contributed by atoms with Crippen LogP contribution in [0.15, 0.2) is 85.2 Å². The van der Waals surface area contributed by atoms with E-state index in [-0.39, 0.29) is 24.0 Å². The van der Waals surface area contributed by atoms with Crippen LogP contribution >= 0.6 is 0 Å². The average Bonchev–Trinajstić information content (AvgIpc) is 2.96. The van der Waals surface area contributed by atoms with Crippen molar-refractivity contribution in [2.75, 3.05) is 6.61 Å². The van der Waals surface area contributed by atoms with E-state index in [1.807, 2.05) is 60.7 Å². The minimum atomic E-state index is -0.979. The van der Waals surface area contributed by atoms with Crippen molar-refractivity contribution >= 4 is 11.8 Å². The van der Waals surface area contributed by atoms with Crippen molar-refractivity contribution in [1.82, 2.24) is 9.97 Å². The van der Waals surface area contributed by atoms with Crippen molar-refractivity contribution < 1.29 is 19.4 Å². The van der Waals surface area contributed by atoms with Crippen LogP contribution in [0, 0.1) is 5.92 Å². The van der Waals surface area contributed by atoms with Crippen LogP contribution in [0.4, 0.5) is 0 Å². The Morgan fingerprint density at radius 3 is 1.98 bits per heavy atom. The zero-order valence-corrected chi connectivity index (χ0v) is 23.6. The summed E-state index contributed by atoms with van der Waals surface area (Å²) in [5.41, 5.74) is 5.24. The summed E-state index contributed by atoms with van der Waals surface area (Å²) in [5, 5.41) is 9.81. The number of aliphatic carboxylic acids is 1. The fourth-order valence-electron chi connectivity index (χ4n) is 4.41. The van der Waals surface area contributed by atoms with Gasteiger partial charge in [0.25, 0.3) is 0 Å². The molecule has 3 aromatic carbocycles. The smallest absolute Gasteiger partial charge is 0.307 e. The normalized spacial score (nSPS) is 12.1. The summed E-state index contributed by atoms with van der Waals surface area (Å²) in [5.74, 6) is -0.530. The SMILES string of the molecule is CCCOc1ccc(-c2cnc(-c3ccc(C[C@H](CC(=O)c4ccc(C(C)(C)C)cc4)C(=O)O)cc3)nc2)cc1. The molecule has 0 radical (unpaired) electrons.